The number of Topliss-reactive ketones (excluding diaryl/α,β-unsaturated/α-hetero) is 1. The first kappa shape index (κ1) is 11.4. The average Bonchev–Trinajstić information content (AvgIpc) is 2.01. The van der Waals surface area contributed by atoms with E-state index in [2.05, 4.69) is 13.5 Å². The summed E-state index contributed by atoms with van der Waals surface area (Å²) in [7, 11) is 0. The third kappa shape index (κ3) is 2.44. The fourth-order valence-electron chi connectivity index (χ4n) is 2.61. The van der Waals surface area contributed by atoms with Gasteiger partial charge in [0, 0.05) is 12.3 Å². The predicted molar refractivity (Wildman–Crippen MR) is 56.9 cm³/mol. The fraction of sp³-hybridized carbons (Fsp3) is 0.750. The first-order valence-electron chi connectivity index (χ1n) is 5.38. The number of rotatable bonds is 3. The molecule has 0 aliphatic heterocycles. The summed E-state index contributed by atoms with van der Waals surface area (Å²) in [6, 6.07) is 0. The lowest BCUT2D eigenvalue weighted by Gasteiger charge is -2.34. The molecule has 0 spiro atoms. The zero-order valence-electron chi connectivity index (χ0n) is 9.07. The van der Waals surface area contributed by atoms with Crippen LogP contribution < -0.4 is 0 Å². The first-order valence-corrected chi connectivity index (χ1v) is 5.38. The lowest BCUT2D eigenvalue weighted by atomic mass is 9.70. The van der Waals surface area contributed by atoms with Gasteiger partial charge in [-0.05, 0) is 31.6 Å². The fourth-order valence-corrected chi connectivity index (χ4v) is 2.61. The van der Waals surface area contributed by atoms with Gasteiger partial charge in [0.05, 0.1) is 6.10 Å². The molecule has 1 N–H and O–H groups in total. The summed E-state index contributed by atoms with van der Waals surface area (Å²) in [5.74, 6) is 0.820. The van der Waals surface area contributed by atoms with Crippen molar-refractivity contribution >= 4 is 5.78 Å². The Labute approximate surface area is 86.0 Å². The van der Waals surface area contributed by atoms with Crippen molar-refractivity contribution in [1.82, 2.24) is 0 Å². The highest BCUT2D eigenvalue weighted by molar-refractivity contribution is 5.82. The van der Waals surface area contributed by atoms with E-state index in [1.54, 1.807) is 6.92 Å². The monoisotopic (exact) mass is 196 g/mol. The Balaban J connectivity index is 2.74. The van der Waals surface area contributed by atoms with Gasteiger partial charge in [-0.25, -0.2) is 0 Å². The van der Waals surface area contributed by atoms with Gasteiger partial charge in [0.15, 0.2) is 0 Å². The highest BCUT2D eigenvalue weighted by atomic mass is 16.3. The molecule has 4 unspecified atom stereocenters. The van der Waals surface area contributed by atoms with Gasteiger partial charge in [-0.1, -0.05) is 13.0 Å². The van der Waals surface area contributed by atoms with Crippen LogP contribution in [0.5, 0.6) is 0 Å². The molecule has 0 aromatic carbocycles. The normalized spacial score (nSPS) is 35.4. The van der Waals surface area contributed by atoms with Gasteiger partial charge in [0.25, 0.3) is 0 Å². The molecule has 1 fully saturated rings. The van der Waals surface area contributed by atoms with Crippen LogP contribution >= 0.6 is 0 Å². The van der Waals surface area contributed by atoms with Gasteiger partial charge in [-0.15, -0.1) is 6.58 Å². The number of hydrogen-bond donors (Lipinski definition) is 1. The summed E-state index contributed by atoms with van der Waals surface area (Å²) in [6.07, 6.45) is 3.84. The van der Waals surface area contributed by atoms with Crippen LogP contribution in [0, 0.1) is 17.8 Å². The van der Waals surface area contributed by atoms with Crippen LogP contribution in [0.3, 0.4) is 0 Å². The van der Waals surface area contributed by atoms with Crippen LogP contribution in [0.15, 0.2) is 12.7 Å². The largest absolute Gasteiger partial charge is 0.393 e. The molecule has 0 heterocycles. The topological polar surface area (TPSA) is 37.3 Å². The SMILES string of the molecule is C=CCC1CC(C)CC(=O)C1C(C)O. The predicted octanol–water partition coefficient (Wildman–Crippen LogP) is 2.17. The van der Waals surface area contributed by atoms with Crippen molar-refractivity contribution in [2.24, 2.45) is 17.8 Å². The van der Waals surface area contributed by atoms with Gasteiger partial charge < -0.3 is 5.11 Å². The number of hydrogen-bond acceptors (Lipinski definition) is 2. The Morgan fingerprint density at radius 2 is 2.36 bits per heavy atom. The molecule has 1 rings (SSSR count). The van der Waals surface area contributed by atoms with E-state index < -0.39 is 6.10 Å². The second-order valence-corrected chi connectivity index (χ2v) is 4.56. The standard InChI is InChI=1S/C12H20O2/c1-4-5-10-6-8(2)7-11(14)12(10)9(3)13/h4,8-10,12-13H,1,5-7H2,2-3H3. The van der Waals surface area contributed by atoms with E-state index in [1.807, 2.05) is 6.08 Å². The third-order valence-corrected chi connectivity index (χ3v) is 3.12. The van der Waals surface area contributed by atoms with E-state index >= 15 is 0 Å². The molecule has 4 atom stereocenters. The molecule has 0 amide bonds. The number of carbonyl (C=O) groups excluding carboxylic acids is 1. The van der Waals surface area contributed by atoms with Crippen molar-refractivity contribution in [3.05, 3.63) is 12.7 Å². The highest BCUT2D eigenvalue weighted by Crippen LogP contribution is 2.35. The van der Waals surface area contributed by atoms with Crippen LogP contribution in [-0.2, 0) is 4.79 Å². The lowest BCUT2D eigenvalue weighted by Crippen LogP contribution is -2.38. The van der Waals surface area contributed by atoms with Gasteiger partial charge >= 0.3 is 0 Å². The molecule has 1 saturated carbocycles. The lowest BCUT2D eigenvalue weighted by molar-refractivity contribution is -0.132. The zero-order valence-corrected chi connectivity index (χ0v) is 9.07. The van der Waals surface area contributed by atoms with E-state index in [1.165, 1.54) is 0 Å². The molecule has 80 valence electrons. The van der Waals surface area contributed by atoms with Crippen LogP contribution in [0.4, 0.5) is 0 Å². The maximum absolute atomic E-state index is 11.7. The Morgan fingerprint density at radius 1 is 1.71 bits per heavy atom. The maximum Gasteiger partial charge on any atom is 0.139 e. The molecule has 14 heavy (non-hydrogen) atoms. The second kappa shape index (κ2) is 4.74. The van der Waals surface area contributed by atoms with Crippen molar-refractivity contribution in [2.45, 2.75) is 39.2 Å². The van der Waals surface area contributed by atoms with Crippen molar-refractivity contribution in [3.63, 3.8) is 0 Å². The summed E-state index contributed by atoms with van der Waals surface area (Å²) < 4.78 is 0. The van der Waals surface area contributed by atoms with Gasteiger partial charge in [0.2, 0.25) is 0 Å². The van der Waals surface area contributed by atoms with Crippen molar-refractivity contribution in [2.75, 3.05) is 0 Å². The zero-order chi connectivity index (χ0) is 10.7. The van der Waals surface area contributed by atoms with Crippen molar-refractivity contribution in [3.8, 4) is 0 Å². The molecule has 0 aromatic rings. The van der Waals surface area contributed by atoms with Gasteiger partial charge in [0.1, 0.15) is 5.78 Å². The van der Waals surface area contributed by atoms with E-state index in [0.29, 0.717) is 18.3 Å². The minimum Gasteiger partial charge on any atom is -0.393 e. The molecule has 1 aliphatic rings. The Morgan fingerprint density at radius 3 is 2.86 bits per heavy atom. The van der Waals surface area contributed by atoms with Crippen LogP contribution in [0.2, 0.25) is 0 Å². The molecule has 2 nitrogen and oxygen atoms in total. The minimum absolute atomic E-state index is 0.163. The van der Waals surface area contributed by atoms with Crippen molar-refractivity contribution in [1.29, 1.82) is 0 Å². The minimum atomic E-state index is -0.514. The summed E-state index contributed by atoms with van der Waals surface area (Å²) in [5.41, 5.74) is 0. The molecule has 1 aliphatic carbocycles. The van der Waals surface area contributed by atoms with Crippen molar-refractivity contribution < 1.29 is 9.90 Å². The third-order valence-electron chi connectivity index (χ3n) is 3.12. The molecule has 0 aromatic heterocycles. The number of aliphatic hydroxyl groups excluding tert-OH is 1. The van der Waals surface area contributed by atoms with E-state index in [9.17, 15) is 9.90 Å². The molecular weight excluding hydrogens is 176 g/mol. The van der Waals surface area contributed by atoms with Crippen LogP contribution in [-0.4, -0.2) is 17.0 Å². The maximum atomic E-state index is 11.7. The molecule has 0 radical (unpaired) electrons. The van der Waals surface area contributed by atoms with Gasteiger partial charge in [-0.3, -0.25) is 4.79 Å². The molecule has 0 bridgehead atoms. The smallest absolute Gasteiger partial charge is 0.139 e. The highest BCUT2D eigenvalue weighted by Gasteiger charge is 2.36. The van der Waals surface area contributed by atoms with E-state index in [-0.39, 0.29) is 11.7 Å². The summed E-state index contributed by atoms with van der Waals surface area (Å²) in [5, 5.41) is 9.58. The molecular formula is C12H20O2. The number of aliphatic hydroxyl groups is 1. The van der Waals surface area contributed by atoms with Gasteiger partial charge in [-0.2, -0.15) is 0 Å². The molecule has 0 saturated heterocycles. The number of carbonyl (C=O) groups is 1. The van der Waals surface area contributed by atoms with Crippen LogP contribution in [0.1, 0.15) is 33.1 Å². The average molecular weight is 196 g/mol. The summed E-state index contributed by atoms with van der Waals surface area (Å²) >= 11 is 0. The van der Waals surface area contributed by atoms with E-state index in [0.717, 1.165) is 12.8 Å². The summed E-state index contributed by atoms with van der Waals surface area (Å²) in [4.78, 5) is 11.7. The quantitative estimate of drug-likeness (QED) is 0.702. The van der Waals surface area contributed by atoms with Crippen LogP contribution in [0.25, 0.3) is 0 Å². The van der Waals surface area contributed by atoms with E-state index in [4.69, 9.17) is 0 Å². The Kier molecular flexibility index (Phi) is 3.87. The first-order chi connectivity index (χ1) is 6.56. The summed E-state index contributed by atoms with van der Waals surface area (Å²) in [6.45, 7) is 7.53. The second-order valence-electron chi connectivity index (χ2n) is 4.56. The Hall–Kier alpha value is -0.630. The molecule has 2 heteroatoms. The Bertz CT molecular complexity index is 220. The number of allylic oxidation sites excluding steroid dienone is 1. The number of ketones is 1.